The summed E-state index contributed by atoms with van der Waals surface area (Å²) in [7, 11) is -3.46. The molecule has 0 amide bonds. The minimum Gasteiger partial charge on any atom is -0.493 e. The van der Waals surface area contributed by atoms with Crippen LogP contribution in [0.2, 0.25) is 0 Å². The number of rotatable bonds is 4. The van der Waals surface area contributed by atoms with Crippen LogP contribution in [-0.4, -0.2) is 51.1 Å². The van der Waals surface area contributed by atoms with Gasteiger partial charge in [0.05, 0.1) is 86.8 Å². The van der Waals surface area contributed by atoms with Crippen LogP contribution >= 0.6 is 14.5 Å². The van der Waals surface area contributed by atoms with Crippen molar-refractivity contribution in [2.75, 3.05) is 51.1 Å². The minimum atomic E-state index is -1.73. The average Bonchev–Trinajstić information content (AvgIpc) is 3.24. The van der Waals surface area contributed by atoms with E-state index in [0.29, 0.717) is 26.4 Å². The lowest BCUT2D eigenvalue weighted by Gasteiger charge is -2.28. The molecule has 276 valence electrons. The first-order chi connectivity index (χ1) is 26.7. The monoisotopic (exact) mass is 754 g/mol. The third-order valence-corrected chi connectivity index (χ3v) is 19.9. The molecule has 4 bridgehead atoms. The lowest BCUT2D eigenvalue weighted by atomic mass is 10.3. The number of ether oxygens (including phenoxy) is 4. The van der Waals surface area contributed by atoms with Crippen molar-refractivity contribution in [3.8, 4) is 23.0 Å². The molecular formula is C48H52O4P2+2. The lowest BCUT2D eigenvalue weighted by Crippen LogP contribution is -2.29. The summed E-state index contributed by atoms with van der Waals surface area (Å²) in [5.41, 5.74) is 0. The second kappa shape index (κ2) is 19.1. The number of hydrogen-bond donors (Lipinski definition) is 0. The van der Waals surface area contributed by atoms with Crippen LogP contribution in [-0.2, 0) is 0 Å². The molecule has 0 saturated carbocycles. The molecule has 54 heavy (non-hydrogen) atoms. The van der Waals surface area contributed by atoms with Gasteiger partial charge in [-0.25, -0.2) is 0 Å². The molecule has 0 spiro atoms. The summed E-state index contributed by atoms with van der Waals surface area (Å²) in [6, 6.07) is 60.9. The first kappa shape index (κ1) is 37.7. The fraction of sp³-hybridized carbons (Fsp3) is 0.250. The Morgan fingerprint density at radius 1 is 0.259 bits per heavy atom. The Bertz CT molecular complexity index is 1660. The van der Waals surface area contributed by atoms with Crippen molar-refractivity contribution in [1.29, 1.82) is 0 Å². The molecule has 0 aromatic heterocycles. The summed E-state index contributed by atoms with van der Waals surface area (Å²) < 4.78 is 25.4. The minimum absolute atomic E-state index is 0.664. The van der Waals surface area contributed by atoms with Crippen molar-refractivity contribution < 1.29 is 18.9 Å². The van der Waals surface area contributed by atoms with Gasteiger partial charge in [-0.2, -0.15) is 0 Å². The third kappa shape index (κ3) is 9.54. The molecule has 0 fully saturated rings. The summed E-state index contributed by atoms with van der Waals surface area (Å²) in [6.45, 7) is 2.66. The Morgan fingerprint density at radius 2 is 0.463 bits per heavy atom. The highest BCUT2D eigenvalue weighted by molar-refractivity contribution is 7.90. The highest BCUT2D eigenvalue weighted by Crippen LogP contribution is 2.58. The second-order valence-corrected chi connectivity index (χ2v) is 21.6. The van der Waals surface area contributed by atoms with Crippen LogP contribution in [0, 0.1) is 0 Å². The van der Waals surface area contributed by atoms with Crippen LogP contribution in [0.1, 0.15) is 25.7 Å². The third-order valence-electron chi connectivity index (χ3n) is 10.5. The molecule has 4 heterocycles. The highest BCUT2D eigenvalue weighted by Gasteiger charge is 2.43. The van der Waals surface area contributed by atoms with E-state index in [0.717, 1.165) is 73.3 Å². The molecule has 0 saturated heterocycles. The lowest BCUT2D eigenvalue weighted by molar-refractivity contribution is 0.307. The van der Waals surface area contributed by atoms with E-state index in [9.17, 15) is 0 Å². The van der Waals surface area contributed by atoms with Crippen molar-refractivity contribution in [2.24, 2.45) is 0 Å². The summed E-state index contributed by atoms with van der Waals surface area (Å²) in [4.78, 5) is 0. The van der Waals surface area contributed by atoms with Gasteiger partial charge in [-0.1, -0.05) is 72.8 Å². The molecule has 4 aliphatic heterocycles. The topological polar surface area (TPSA) is 36.9 Å². The second-order valence-electron chi connectivity index (χ2n) is 13.9. The zero-order valence-corrected chi connectivity index (χ0v) is 33.0. The van der Waals surface area contributed by atoms with E-state index in [1.165, 1.54) is 21.2 Å². The summed E-state index contributed by atoms with van der Waals surface area (Å²) >= 11 is 0. The van der Waals surface area contributed by atoms with Crippen LogP contribution in [0.25, 0.3) is 0 Å². The van der Waals surface area contributed by atoms with E-state index in [1.807, 2.05) is 48.5 Å². The van der Waals surface area contributed by atoms with E-state index in [4.69, 9.17) is 18.9 Å². The molecule has 0 N–H and O–H groups in total. The van der Waals surface area contributed by atoms with Crippen LogP contribution in [0.15, 0.2) is 170 Å². The molecule has 4 aliphatic rings. The Labute approximate surface area is 323 Å². The van der Waals surface area contributed by atoms with E-state index in [-0.39, 0.29) is 0 Å². The van der Waals surface area contributed by atoms with Gasteiger partial charge in [-0.15, -0.1) is 0 Å². The predicted octanol–water partition coefficient (Wildman–Crippen LogP) is 9.81. The largest absolute Gasteiger partial charge is 0.493 e. The van der Waals surface area contributed by atoms with Crippen LogP contribution in [0.4, 0.5) is 0 Å². The molecular weight excluding hydrogens is 702 g/mol. The van der Waals surface area contributed by atoms with E-state index in [1.54, 1.807) is 0 Å². The first-order valence-electron chi connectivity index (χ1n) is 19.4. The van der Waals surface area contributed by atoms with Crippen molar-refractivity contribution in [2.45, 2.75) is 25.7 Å². The smallest absolute Gasteiger partial charge is 0.119 e. The fourth-order valence-electron chi connectivity index (χ4n) is 7.77. The molecule has 6 aromatic rings. The quantitative estimate of drug-likeness (QED) is 0.168. The van der Waals surface area contributed by atoms with Gasteiger partial charge in [0.1, 0.15) is 23.0 Å². The van der Waals surface area contributed by atoms with Crippen molar-refractivity contribution >= 4 is 35.7 Å². The normalized spacial score (nSPS) is 16.9. The number of hydrogen-bond acceptors (Lipinski definition) is 4. The van der Waals surface area contributed by atoms with Gasteiger partial charge in [0, 0.05) is 25.7 Å². The van der Waals surface area contributed by atoms with Gasteiger partial charge in [-0.3, -0.25) is 0 Å². The average molecular weight is 755 g/mol. The van der Waals surface area contributed by atoms with Gasteiger partial charge in [0.2, 0.25) is 0 Å². The molecule has 6 heteroatoms. The molecule has 0 unspecified atom stereocenters. The number of benzene rings is 6. The maximum atomic E-state index is 6.35. The molecule has 0 aliphatic carbocycles. The summed E-state index contributed by atoms with van der Waals surface area (Å²) in [5.74, 6) is 3.53. The summed E-state index contributed by atoms with van der Waals surface area (Å²) in [6.07, 6.45) is 8.15. The maximum absolute atomic E-state index is 6.35. The van der Waals surface area contributed by atoms with Crippen molar-refractivity contribution in [1.82, 2.24) is 0 Å². The van der Waals surface area contributed by atoms with Gasteiger partial charge < -0.3 is 18.9 Å². The van der Waals surface area contributed by atoms with E-state index < -0.39 is 14.5 Å². The van der Waals surface area contributed by atoms with Gasteiger partial charge in [0.15, 0.2) is 0 Å². The molecule has 0 radical (unpaired) electrons. The zero-order valence-electron chi connectivity index (χ0n) is 31.2. The Hall–Kier alpha value is -4.62. The molecule has 10 rings (SSSR count). The summed E-state index contributed by atoms with van der Waals surface area (Å²) in [5, 5.41) is 5.78. The molecule has 0 atom stereocenters. The van der Waals surface area contributed by atoms with E-state index in [2.05, 4.69) is 121 Å². The highest BCUT2D eigenvalue weighted by atomic mass is 31.2. The Kier molecular flexibility index (Phi) is 13.3. The fourth-order valence-corrected chi connectivity index (χ4v) is 16.5. The van der Waals surface area contributed by atoms with Gasteiger partial charge in [-0.05, 0) is 97.1 Å². The Morgan fingerprint density at radius 3 is 0.667 bits per heavy atom. The van der Waals surface area contributed by atoms with Gasteiger partial charge in [0.25, 0.3) is 0 Å². The SMILES string of the molecule is c1ccc([P+]2(c3ccccc3)CCCOc3ccc(cc3)OCCC[P+](c3ccccc3)(c3ccccc3)CCCOc3ccc(cc3)OCCC2)cc1. The maximum Gasteiger partial charge on any atom is 0.119 e. The molecule has 4 nitrogen and oxygen atoms in total. The first-order valence-corrected chi connectivity index (χ1v) is 23.7. The standard InChI is InChI=1S/C48H52O4P2/c1-5-17-45(18-6-1)53(46-19-7-2-8-20-46)37-13-33-49-41-25-29-43(30-26-41)51-35-15-39-54(47-21-9-3-10-22-47,48-23-11-4-12-24-48)40-16-36-52-44-31-27-42(28-32-44)50-34-14-38-53/h1-12,17-32H,13-16,33-40H2/q+2. The van der Waals surface area contributed by atoms with Gasteiger partial charge >= 0.3 is 0 Å². The van der Waals surface area contributed by atoms with Crippen LogP contribution in [0.5, 0.6) is 23.0 Å². The van der Waals surface area contributed by atoms with E-state index >= 15 is 0 Å². The Balaban J connectivity index is 1.11. The van der Waals surface area contributed by atoms with Crippen molar-refractivity contribution in [3.63, 3.8) is 0 Å². The molecule has 6 aromatic carbocycles. The van der Waals surface area contributed by atoms with Crippen LogP contribution in [0.3, 0.4) is 0 Å². The van der Waals surface area contributed by atoms with Crippen LogP contribution < -0.4 is 40.2 Å². The zero-order chi connectivity index (χ0) is 36.7. The predicted molar refractivity (Wildman–Crippen MR) is 231 cm³/mol. The van der Waals surface area contributed by atoms with Crippen molar-refractivity contribution in [3.05, 3.63) is 170 Å².